The fourth-order valence-corrected chi connectivity index (χ4v) is 5.73. The second kappa shape index (κ2) is 4.28. The van der Waals surface area contributed by atoms with Crippen molar-refractivity contribution in [2.45, 2.75) is 57.3 Å². The molecule has 15 heavy (non-hydrogen) atoms. The third-order valence-corrected chi connectivity index (χ3v) is 7.39. The second-order valence-corrected chi connectivity index (χ2v) is 11.1. The van der Waals surface area contributed by atoms with Crippen LogP contribution in [0.3, 0.4) is 0 Å². The Labute approximate surface area is 94.4 Å². The van der Waals surface area contributed by atoms with Gasteiger partial charge >= 0.3 is 5.97 Å². The van der Waals surface area contributed by atoms with E-state index in [1.165, 1.54) is 26.4 Å². The molecule has 0 aromatic heterocycles. The molecule has 0 aliphatic heterocycles. The first kappa shape index (κ1) is 12.8. The lowest BCUT2D eigenvalue weighted by Gasteiger charge is -2.28. The molecule has 1 saturated carbocycles. The molecule has 0 bridgehead atoms. The van der Waals surface area contributed by atoms with Crippen molar-refractivity contribution in [3.8, 4) is 0 Å². The van der Waals surface area contributed by atoms with E-state index in [9.17, 15) is 4.79 Å². The van der Waals surface area contributed by atoms with Gasteiger partial charge in [0.1, 0.15) is 0 Å². The molecule has 1 aliphatic rings. The Hall–Kier alpha value is -0.313. The molecule has 0 heterocycles. The highest BCUT2D eigenvalue weighted by Gasteiger charge is 2.66. The van der Waals surface area contributed by atoms with Crippen LogP contribution in [0, 0.1) is 5.92 Å². The van der Waals surface area contributed by atoms with Crippen LogP contribution in [0.5, 0.6) is 0 Å². The second-order valence-electron chi connectivity index (χ2n) is 5.76. The van der Waals surface area contributed by atoms with Crippen molar-refractivity contribution in [2.24, 2.45) is 5.92 Å². The van der Waals surface area contributed by atoms with Gasteiger partial charge in [0, 0.05) is 0 Å². The van der Waals surface area contributed by atoms with Gasteiger partial charge in [0.2, 0.25) is 0 Å². The van der Waals surface area contributed by atoms with Gasteiger partial charge in [-0.2, -0.15) is 0 Å². The van der Waals surface area contributed by atoms with Gasteiger partial charge in [0.05, 0.1) is 20.2 Å². The van der Waals surface area contributed by atoms with Crippen LogP contribution in [0.2, 0.25) is 24.7 Å². The summed E-state index contributed by atoms with van der Waals surface area (Å²) >= 11 is 0. The number of esters is 1. The number of rotatable bonds is 5. The van der Waals surface area contributed by atoms with Gasteiger partial charge in [-0.05, 0) is 18.8 Å². The van der Waals surface area contributed by atoms with E-state index in [0.717, 1.165) is 6.42 Å². The molecule has 0 unspecified atom stereocenters. The number of methoxy groups -OCH3 is 1. The Morgan fingerprint density at radius 3 is 2.47 bits per heavy atom. The zero-order valence-electron chi connectivity index (χ0n) is 10.7. The van der Waals surface area contributed by atoms with Gasteiger partial charge in [-0.3, -0.25) is 4.79 Å². The van der Waals surface area contributed by atoms with Gasteiger partial charge < -0.3 is 4.74 Å². The summed E-state index contributed by atoms with van der Waals surface area (Å²) in [4.78, 5) is 11.9. The zero-order chi connectivity index (χ0) is 11.7. The molecule has 0 amide bonds. The normalized spacial score (nSPS) is 30.1. The van der Waals surface area contributed by atoms with E-state index in [1.54, 1.807) is 0 Å². The summed E-state index contributed by atoms with van der Waals surface area (Å²) in [6, 6.07) is 0. The molecular formula is C12H24O2Si. The van der Waals surface area contributed by atoms with Gasteiger partial charge in [-0.25, -0.2) is 0 Å². The van der Waals surface area contributed by atoms with Crippen LogP contribution in [-0.4, -0.2) is 21.2 Å². The molecule has 1 aliphatic carbocycles. The molecular weight excluding hydrogens is 204 g/mol. The number of hydrogen-bond donors (Lipinski definition) is 0. The maximum Gasteiger partial charge on any atom is 0.309 e. The van der Waals surface area contributed by atoms with Crippen molar-refractivity contribution < 1.29 is 9.53 Å². The van der Waals surface area contributed by atoms with Gasteiger partial charge in [-0.15, -0.1) is 0 Å². The maximum absolute atomic E-state index is 11.9. The minimum Gasteiger partial charge on any atom is -0.469 e. The Bertz CT molecular complexity index is 244. The largest absolute Gasteiger partial charge is 0.469 e. The van der Waals surface area contributed by atoms with Crippen LogP contribution in [0.4, 0.5) is 0 Å². The summed E-state index contributed by atoms with van der Waals surface area (Å²) in [6.07, 6.45) is 4.75. The minimum atomic E-state index is -1.45. The van der Waals surface area contributed by atoms with E-state index < -0.39 is 8.07 Å². The molecule has 1 fully saturated rings. The van der Waals surface area contributed by atoms with Crippen LogP contribution < -0.4 is 0 Å². The fourth-order valence-electron chi connectivity index (χ4n) is 2.79. The van der Waals surface area contributed by atoms with Crippen molar-refractivity contribution >= 4 is 14.0 Å². The molecule has 1 rings (SSSR count). The van der Waals surface area contributed by atoms with Crippen LogP contribution >= 0.6 is 0 Å². The summed E-state index contributed by atoms with van der Waals surface area (Å²) in [6.45, 7) is 9.07. The summed E-state index contributed by atoms with van der Waals surface area (Å²) in [5.74, 6) is 0.666. The Kier molecular flexibility index (Phi) is 3.64. The quantitative estimate of drug-likeness (QED) is 0.532. The molecule has 2 atom stereocenters. The van der Waals surface area contributed by atoms with E-state index in [4.69, 9.17) is 4.74 Å². The van der Waals surface area contributed by atoms with Crippen molar-refractivity contribution in [3.05, 3.63) is 0 Å². The van der Waals surface area contributed by atoms with Crippen LogP contribution in [0.1, 0.15) is 32.6 Å². The maximum atomic E-state index is 11.9. The lowest BCUT2D eigenvalue weighted by Crippen LogP contribution is -2.37. The molecule has 88 valence electrons. The number of carbonyl (C=O) groups excluding carboxylic acids is 1. The number of carbonyl (C=O) groups is 1. The Morgan fingerprint density at radius 2 is 2.07 bits per heavy atom. The standard InChI is InChI=1S/C12H24O2Si/c1-6-7-8-10-9-12(10,11(13)14-2)15(3,4)5/h10H,6-9H2,1-5H3/t10-,12-/m1/s1. The van der Waals surface area contributed by atoms with Gasteiger partial charge in [-0.1, -0.05) is 39.4 Å². The van der Waals surface area contributed by atoms with Crippen molar-refractivity contribution in [2.75, 3.05) is 7.11 Å². The lowest BCUT2D eigenvalue weighted by atomic mass is 10.1. The number of hydrogen-bond acceptors (Lipinski definition) is 2. The highest BCUT2D eigenvalue weighted by molar-refractivity contribution is 6.83. The lowest BCUT2D eigenvalue weighted by molar-refractivity contribution is -0.142. The van der Waals surface area contributed by atoms with Crippen LogP contribution in [0.15, 0.2) is 0 Å². The first-order chi connectivity index (χ1) is 6.90. The molecule has 3 heteroatoms. The molecule has 0 aromatic rings. The average molecular weight is 228 g/mol. The predicted molar refractivity (Wildman–Crippen MR) is 65.7 cm³/mol. The first-order valence-electron chi connectivity index (χ1n) is 5.98. The third kappa shape index (κ3) is 2.12. The van der Waals surface area contributed by atoms with Gasteiger partial charge in [0.15, 0.2) is 0 Å². The molecule has 0 aromatic carbocycles. The fraction of sp³-hybridized carbons (Fsp3) is 0.917. The summed E-state index contributed by atoms with van der Waals surface area (Å²) in [7, 11) is 0.0818. The summed E-state index contributed by atoms with van der Waals surface area (Å²) < 4.78 is 5.01. The Morgan fingerprint density at radius 1 is 1.47 bits per heavy atom. The highest BCUT2D eigenvalue weighted by atomic mass is 28.3. The third-order valence-electron chi connectivity index (χ3n) is 3.90. The van der Waals surface area contributed by atoms with E-state index >= 15 is 0 Å². The summed E-state index contributed by atoms with van der Waals surface area (Å²) in [5, 5.41) is -0.0586. The van der Waals surface area contributed by atoms with E-state index in [1.807, 2.05) is 0 Å². The number of ether oxygens (including phenoxy) is 1. The average Bonchev–Trinajstić information content (AvgIpc) is 2.88. The molecule has 0 spiro atoms. The zero-order valence-corrected chi connectivity index (χ0v) is 11.7. The van der Waals surface area contributed by atoms with Crippen molar-refractivity contribution in [1.82, 2.24) is 0 Å². The van der Waals surface area contributed by atoms with E-state index in [2.05, 4.69) is 26.6 Å². The van der Waals surface area contributed by atoms with E-state index in [0.29, 0.717) is 5.92 Å². The predicted octanol–water partition coefficient (Wildman–Crippen LogP) is 3.45. The van der Waals surface area contributed by atoms with Crippen LogP contribution in [-0.2, 0) is 9.53 Å². The van der Waals surface area contributed by atoms with Crippen molar-refractivity contribution in [3.63, 3.8) is 0 Å². The van der Waals surface area contributed by atoms with E-state index in [-0.39, 0.29) is 11.0 Å². The molecule has 0 N–H and O–H groups in total. The molecule has 0 saturated heterocycles. The summed E-state index contributed by atoms with van der Waals surface area (Å²) in [5.41, 5.74) is 0. The minimum absolute atomic E-state index is 0.0581. The molecule has 0 radical (unpaired) electrons. The Balaban J connectivity index is 2.72. The number of unbranched alkanes of at least 4 members (excludes halogenated alkanes) is 1. The van der Waals surface area contributed by atoms with Crippen molar-refractivity contribution in [1.29, 1.82) is 0 Å². The highest BCUT2D eigenvalue weighted by Crippen LogP contribution is 2.68. The topological polar surface area (TPSA) is 26.3 Å². The SMILES string of the molecule is CCCC[C@@H]1C[C@@]1(C(=O)OC)[Si](C)(C)C. The van der Waals surface area contributed by atoms with Gasteiger partial charge in [0.25, 0.3) is 0 Å². The van der Waals surface area contributed by atoms with Crippen LogP contribution in [0.25, 0.3) is 0 Å². The smallest absolute Gasteiger partial charge is 0.309 e. The first-order valence-corrected chi connectivity index (χ1v) is 9.48. The molecule has 2 nitrogen and oxygen atoms in total. The monoisotopic (exact) mass is 228 g/mol.